The third-order valence-corrected chi connectivity index (χ3v) is 5.22. The Bertz CT molecular complexity index is 782. The van der Waals surface area contributed by atoms with E-state index in [1.807, 2.05) is 60.7 Å². The Morgan fingerprint density at radius 3 is 2.14 bits per heavy atom. The Balaban J connectivity index is 1.42. The van der Waals surface area contributed by atoms with E-state index in [2.05, 4.69) is 5.32 Å². The first-order valence-corrected chi connectivity index (χ1v) is 10.0. The second-order valence-corrected chi connectivity index (χ2v) is 7.37. The van der Waals surface area contributed by atoms with Crippen LogP contribution in [0, 0.1) is 0 Å². The van der Waals surface area contributed by atoms with Gasteiger partial charge in [-0.25, -0.2) is 9.59 Å². The molecule has 6 nitrogen and oxygen atoms in total. The van der Waals surface area contributed by atoms with Gasteiger partial charge in [0.2, 0.25) is 0 Å². The van der Waals surface area contributed by atoms with Crippen molar-refractivity contribution >= 4 is 12.2 Å². The van der Waals surface area contributed by atoms with Crippen LogP contribution in [-0.4, -0.2) is 36.2 Å². The number of hydrogen-bond donors (Lipinski definition) is 1. The van der Waals surface area contributed by atoms with Crippen molar-refractivity contribution in [2.45, 2.75) is 51.0 Å². The lowest BCUT2D eigenvalue weighted by atomic mass is 9.90. The van der Waals surface area contributed by atoms with Crippen LogP contribution >= 0.6 is 0 Å². The Hall–Kier alpha value is -3.02. The SMILES string of the molecule is CN(C(=O)OCc1ccccc1)[C@H]1CCC[C@@H](NC(=O)OCc2ccccc2)C1. The summed E-state index contributed by atoms with van der Waals surface area (Å²) in [6.45, 7) is 0.499. The second kappa shape index (κ2) is 10.5. The number of hydrogen-bond acceptors (Lipinski definition) is 4. The van der Waals surface area contributed by atoms with E-state index in [-0.39, 0.29) is 31.4 Å². The molecule has 0 aliphatic heterocycles. The monoisotopic (exact) mass is 396 g/mol. The number of carbonyl (C=O) groups is 2. The van der Waals surface area contributed by atoms with E-state index in [0.717, 1.165) is 30.4 Å². The van der Waals surface area contributed by atoms with E-state index >= 15 is 0 Å². The van der Waals surface area contributed by atoms with Crippen LogP contribution in [0.15, 0.2) is 60.7 Å². The van der Waals surface area contributed by atoms with Gasteiger partial charge in [-0.1, -0.05) is 60.7 Å². The van der Waals surface area contributed by atoms with E-state index in [4.69, 9.17) is 9.47 Å². The third-order valence-electron chi connectivity index (χ3n) is 5.22. The summed E-state index contributed by atoms with van der Waals surface area (Å²) in [4.78, 5) is 26.2. The third kappa shape index (κ3) is 6.52. The predicted molar refractivity (Wildman–Crippen MR) is 110 cm³/mol. The van der Waals surface area contributed by atoms with Crippen molar-refractivity contribution in [1.82, 2.24) is 10.2 Å². The molecule has 1 aliphatic rings. The molecule has 1 saturated carbocycles. The van der Waals surface area contributed by atoms with Gasteiger partial charge >= 0.3 is 12.2 Å². The van der Waals surface area contributed by atoms with Crippen LogP contribution in [0.1, 0.15) is 36.8 Å². The molecule has 0 spiro atoms. The van der Waals surface area contributed by atoms with Gasteiger partial charge in [0.05, 0.1) is 0 Å². The van der Waals surface area contributed by atoms with Gasteiger partial charge in [-0.05, 0) is 36.8 Å². The van der Waals surface area contributed by atoms with Crippen molar-refractivity contribution in [2.75, 3.05) is 7.05 Å². The van der Waals surface area contributed by atoms with Crippen LogP contribution in [0.2, 0.25) is 0 Å². The Kier molecular flexibility index (Phi) is 7.50. The van der Waals surface area contributed by atoms with Gasteiger partial charge in [0.15, 0.2) is 0 Å². The molecule has 2 amide bonds. The fraction of sp³-hybridized carbons (Fsp3) is 0.391. The van der Waals surface area contributed by atoms with Crippen LogP contribution in [0.5, 0.6) is 0 Å². The molecule has 0 bridgehead atoms. The molecule has 6 heteroatoms. The highest BCUT2D eigenvalue weighted by Gasteiger charge is 2.29. The minimum absolute atomic E-state index is 0.0126. The first-order valence-electron chi connectivity index (χ1n) is 10.0. The summed E-state index contributed by atoms with van der Waals surface area (Å²) in [5, 5.41) is 2.93. The molecule has 0 aromatic heterocycles. The van der Waals surface area contributed by atoms with Gasteiger partial charge in [0.25, 0.3) is 0 Å². The van der Waals surface area contributed by atoms with Crippen molar-refractivity contribution in [2.24, 2.45) is 0 Å². The van der Waals surface area contributed by atoms with E-state index in [1.54, 1.807) is 11.9 Å². The molecule has 2 atom stereocenters. The molecule has 0 saturated heterocycles. The number of nitrogens with one attached hydrogen (secondary N) is 1. The zero-order valence-corrected chi connectivity index (χ0v) is 16.8. The zero-order valence-electron chi connectivity index (χ0n) is 16.8. The number of nitrogens with zero attached hydrogens (tertiary/aromatic N) is 1. The van der Waals surface area contributed by atoms with E-state index in [9.17, 15) is 9.59 Å². The molecular formula is C23H28N2O4. The van der Waals surface area contributed by atoms with Crippen LogP contribution in [0.25, 0.3) is 0 Å². The van der Waals surface area contributed by atoms with Crippen LogP contribution in [-0.2, 0) is 22.7 Å². The predicted octanol–water partition coefficient (Wildman–Crippen LogP) is 4.49. The van der Waals surface area contributed by atoms with E-state index in [1.165, 1.54) is 0 Å². The summed E-state index contributed by atoms with van der Waals surface area (Å²) < 4.78 is 10.7. The first kappa shape index (κ1) is 20.7. The standard InChI is InChI=1S/C23H28N2O4/c1-25(23(27)29-17-19-11-6-3-7-12-19)21-14-8-13-20(15-21)24-22(26)28-16-18-9-4-2-5-10-18/h2-7,9-12,20-21H,8,13-17H2,1H3,(H,24,26)/t20-,21+/m1/s1. The lowest BCUT2D eigenvalue weighted by Crippen LogP contribution is -2.46. The van der Waals surface area contributed by atoms with Crippen LogP contribution in [0.3, 0.4) is 0 Å². The normalized spacial score (nSPS) is 18.5. The van der Waals surface area contributed by atoms with Crippen LogP contribution < -0.4 is 5.32 Å². The molecule has 2 aromatic carbocycles. The molecule has 29 heavy (non-hydrogen) atoms. The van der Waals surface area contributed by atoms with Gasteiger partial charge in [-0.2, -0.15) is 0 Å². The Labute approximate surface area is 171 Å². The number of amides is 2. The second-order valence-electron chi connectivity index (χ2n) is 7.37. The summed E-state index contributed by atoms with van der Waals surface area (Å²) in [6.07, 6.45) is 2.64. The molecule has 2 aromatic rings. The molecule has 0 heterocycles. The lowest BCUT2D eigenvalue weighted by Gasteiger charge is -2.34. The molecule has 3 rings (SSSR count). The summed E-state index contributed by atoms with van der Waals surface area (Å²) in [7, 11) is 1.76. The van der Waals surface area contributed by atoms with Crippen molar-refractivity contribution in [1.29, 1.82) is 0 Å². The topological polar surface area (TPSA) is 67.9 Å². The lowest BCUT2D eigenvalue weighted by molar-refractivity contribution is 0.0787. The molecule has 1 N–H and O–H groups in total. The first-order chi connectivity index (χ1) is 14.1. The summed E-state index contributed by atoms with van der Waals surface area (Å²) in [5.74, 6) is 0. The summed E-state index contributed by atoms with van der Waals surface area (Å²) in [6, 6.07) is 19.2. The van der Waals surface area contributed by atoms with Gasteiger partial charge in [-0.15, -0.1) is 0 Å². The van der Waals surface area contributed by atoms with Gasteiger partial charge in [-0.3, -0.25) is 0 Å². The van der Waals surface area contributed by atoms with Crippen molar-refractivity contribution in [3.8, 4) is 0 Å². The highest BCUT2D eigenvalue weighted by Crippen LogP contribution is 2.23. The molecule has 1 aliphatic carbocycles. The maximum Gasteiger partial charge on any atom is 0.410 e. The fourth-order valence-corrected chi connectivity index (χ4v) is 3.55. The fourth-order valence-electron chi connectivity index (χ4n) is 3.55. The average molecular weight is 396 g/mol. The van der Waals surface area contributed by atoms with Crippen LogP contribution in [0.4, 0.5) is 9.59 Å². The minimum Gasteiger partial charge on any atom is -0.445 e. The number of rotatable bonds is 6. The average Bonchev–Trinajstić information content (AvgIpc) is 2.77. The highest BCUT2D eigenvalue weighted by molar-refractivity contribution is 5.68. The largest absolute Gasteiger partial charge is 0.445 e. The number of carbonyl (C=O) groups excluding carboxylic acids is 2. The maximum atomic E-state index is 12.4. The summed E-state index contributed by atoms with van der Waals surface area (Å²) >= 11 is 0. The summed E-state index contributed by atoms with van der Waals surface area (Å²) in [5.41, 5.74) is 1.91. The number of alkyl carbamates (subject to hydrolysis) is 1. The van der Waals surface area contributed by atoms with Crippen molar-refractivity contribution in [3.05, 3.63) is 71.8 Å². The van der Waals surface area contributed by atoms with Gasteiger partial charge < -0.3 is 19.7 Å². The molecule has 154 valence electrons. The quantitative estimate of drug-likeness (QED) is 0.781. The molecule has 0 unspecified atom stereocenters. The number of ether oxygens (including phenoxy) is 2. The smallest absolute Gasteiger partial charge is 0.410 e. The molecule has 1 fully saturated rings. The number of benzene rings is 2. The molecule has 0 radical (unpaired) electrons. The van der Waals surface area contributed by atoms with E-state index < -0.39 is 6.09 Å². The maximum absolute atomic E-state index is 12.4. The van der Waals surface area contributed by atoms with Crippen molar-refractivity contribution in [3.63, 3.8) is 0 Å². The molecular weight excluding hydrogens is 368 g/mol. The Morgan fingerprint density at radius 1 is 0.931 bits per heavy atom. The highest BCUT2D eigenvalue weighted by atomic mass is 16.6. The van der Waals surface area contributed by atoms with Crippen molar-refractivity contribution < 1.29 is 19.1 Å². The van der Waals surface area contributed by atoms with Gasteiger partial charge in [0, 0.05) is 19.1 Å². The zero-order chi connectivity index (χ0) is 20.5. The van der Waals surface area contributed by atoms with Gasteiger partial charge in [0.1, 0.15) is 13.2 Å². The Morgan fingerprint density at radius 2 is 1.52 bits per heavy atom. The van der Waals surface area contributed by atoms with E-state index in [0.29, 0.717) is 6.42 Å². The minimum atomic E-state index is -0.422.